The molecule has 12 heteroatoms. The monoisotopic (exact) mass is 490 g/mol. The standard InChI is InChI=1S/C22H17F3N4O4S/c23-22(24,25)33-19-3-1-2-4-20(19)34(31,32)29-16-7-5-14(6-8-16)12-27-21(30)18-11-15-13-26-10-9-17(15)28-18/h1-11,13,28-29H,12H2,(H,27,30). The van der Waals surface area contributed by atoms with Crippen molar-refractivity contribution in [3.05, 3.63) is 84.3 Å². The number of fused-ring (bicyclic) bond motifs is 1. The number of pyridine rings is 1. The zero-order valence-electron chi connectivity index (χ0n) is 17.3. The van der Waals surface area contributed by atoms with Crippen LogP contribution < -0.4 is 14.8 Å². The predicted molar refractivity (Wildman–Crippen MR) is 118 cm³/mol. The number of aromatic amines is 1. The van der Waals surface area contributed by atoms with E-state index in [1.54, 1.807) is 36.7 Å². The molecule has 0 atom stereocenters. The van der Waals surface area contributed by atoms with E-state index in [2.05, 4.69) is 24.7 Å². The number of carbonyl (C=O) groups excluding carboxylic acids is 1. The SMILES string of the molecule is O=C(NCc1ccc(NS(=O)(=O)c2ccccc2OC(F)(F)F)cc1)c1cc2cnccc2[nH]1. The first-order valence-corrected chi connectivity index (χ1v) is 11.3. The lowest BCUT2D eigenvalue weighted by Crippen LogP contribution is -2.23. The first-order valence-electron chi connectivity index (χ1n) is 9.78. The first-order chi connectivity index (χ1) is 16.1. The summed E-state index contributed by atoms with van der Waals surface area (Å²) in [5.41, 5.74) is 1.95. The number of ether oxygens (including phenoxy) is 1. The third kappa shape index (κ3) is 5.46. The highest BCUT2D eigenvalue weighted by molar-refractivity contribution is 7.92. The molecule has 0 aliphatic heterocycles. The lowest BCUT2D eigenvalue weighted by molar-refractivity contribution is -0.275. The van der Waals surface area contributed by atoms with E-state index in [0.717, 1.165) is 23.0 Å². The molecule has 2 aromatic heterocycles. The Hall–Kier alpha value is -4.06. The van der Waals surface area contributed by atoms with Crippen LogP contribution in [0.2, 0.25) is 0 Å². The molecule has 4 aromatic rings. The third-order valence-electron chi connectivity index (χ3n) is 4.69. The quantitative estimate of drug-likeness (QED) is 0.360. The second kappa shape index (κ2) is 9.06. The molecule has 0 saturated carbocycles. The lowest BCUT2D eigenvalue weighted by atomic mass is 10.2. The fraction of sp³-hybridized carbons (Fsp3) is 0.0909. The van der Waals surface area contributed by atoms with Crippen molar-refractivity contribution in [3.8, 4) is 5.75 Å². The van der Waals surface area contributed by atoms with Crippen LogP contribution >= 0.6 is 0 Å². The van der Waals surface area contributed by atoms with Gasteiger partial charge in [0.25, 0.3) is 15.9 Å². The van der Waals surface area contributed by atoms with E-state index in [0.29, 0.717) is 11.3 Å². The number of hydrogen-bond donors (Lipinski definition) is 3. The number of halogens is 3. The molecule has 0 aliphatic rings. The van der Waals surface area contributed by atoms with E-state index >= 15 is 0 Å². The van der Waals surface area contributed by atoms with Gasteiger partial charge in [0.15, 0.2) is 0 Å². The van der Waals surface area contributed by atoms with E-state index in [4.69, 9.17) is 0 Å². The van der Waals surface area contributed by atoms with Gasteiger partial charge in [-0.2, -0.15) is 0 Å². The van der Waals surface area contributed by atoms with Crippen molar-refractivity contribution in [1.82, 2.24) is 15.3 Å². The number of para-hydroxylation sites is 1. The molecule has 4 rings (SSSR count). The van der Waals surface area contributed by atoms with Gasteiger partial charge in [-0.05, 0) is 42.0 Å². The van der Waals surface area contributed by atoms with Crippen LogP contribution in [-0.2, 0) is 16.6 Å². The Bertz CT molecular complexity index is 1400. The summed E-state index contributed by atoms with van der Waals surface area (Å²) in [6, 6.07) is 13.9. The highest BCUT2D eigenvalue weighted by Crippen LogP contribution is 2.30. The van der Waals surface area contributed by atoms with Crippen molar-refractivity contribution in [2.45, 2.75) is 17.8 Å². The summed E-state index contributed by atoms with van der Waals surface area (Å²) in [4.78, 5) is 18.7. The van der Waals surface area contributed by atoms with Crippen molar-refractivity contribution >= 4 is 32.5 Å². The van der Waals surface area contributed by atoms with Gasteiger partial charge in [-0.3, -0.25) is 14.5 Å². The minimum Gasteiger partial charge on any atom is -0.404 e. The first kappa shape index (κ1) is 23.1. The maximum absolute atomic E-state index is 12.6. The molecule has 0 saturated heterocycles. The lowest BCUT2D eigenvalue weighted by Gasteiger charge is -2.14. The molecule has 176 valence electrons. The maximum Gasteiger partial charge on any atom is 0.573 e. The average molecular weight is 490 g/mol. The smallest absolute Gasteiger partial charge is 0.404 e. The van der Waals surface area contributed by atoms with Crippen molar-refractivity contribution in [2.75, 3.05) is 4.72 Å². The summed E-state index contributed by atoms with van der Waals surface area (Å²) >= 11 is 0. The van der Waals surface area contributed by atoms with Crippen LogP contribution in [0.25, 0.3) is 10.9 Å². The Kier molecular flexibility index (Phi) is 6.16. The highest BCUT2D eigenvalue weighted by Gasteiger charge is 2.34. The number of anilines is 1. The molecule has 2 heterocycles. The van der Waals surface area contributed by atoms with Gasteiger partial charge in [-0.1, -0.05) is 24.3 Å². The van der Waals surface area contributed by atoms with Crippen molar-refractivity contribution < 1.29 is 31.1 Å². The van der Waals surface area contributed by atoms with Crippen molar-refractivity contribution in [1.29, 1.82) is 0 Å². The molecule has 0 bridgehead atoms. The zero-order valence-corrected chi connectivity index (χ0v) is 18.1. The Balaban J connectivity index is 1.41. The van der Waals surface area contributed by atoms with Gasteiger partial charge < -0.3 is 15.0 Å². The van der Waals surface area contributed by atoms with Crippen LogP contribution in [0.3, 0.4) is 0 Å². The van der Waals surface area contributed by atoms with Crippen molar-refractivity contribution in [3.63, 3.8) is 0 Å². The molecule has 0 radical (unpaired) electrons. The fourth-order valence-corrected chi connectivity index (χ4v) is 4.34. The molecule has 34 heavy (non-hydrogen) atoms. The number of nitrogens with one attached hydrogen (secondary N) is 3. The maximum atomic E-state index is 12.6. The minimum atomic E-state index is -5.04. The number of hydrogen-bond acceptors (Lipinski definition) is 5. The molecule has 0 unspecified atom stereocenters. The summed E-state index contributed by atoms with van der Waals surface area (Å²) < 4.78 is 69.1. The second-order valence-corrected chi connectivity index (χ2v) is 8.78. The third-order valence-corrected chi connectivity index (χ3v) is 6.11. The number of aromatic nitrogens is 2. The number of rotatable bonds is 7. The van der Waals surface area contributed by atoms with E-state index in [-0.39, 0.29) is 18.1 Å². The molecular weight excluding hydrogens is 473 g/mol. The highest BCUT2D eigenvalue weighted by atomic mass is 32.2. The van der Waals surface area contributed by atoms with Gasteiger partial charge in [-0.15, -0.1) is 13.2 Å². The van der Waals surface area contributed by atoms with Gasteiger partial charge in [0.1, 0.15) is 16.3 Å². The summed E-state index contributed by atoms with van der Waals surface area (Å²) in [6.07, 6.45) is -1.80. The summed E-state index contributed by atoms with van der Waals surface area (Å²) in [6.45, 7) is 0.168. The van der Waals surface area contributed by atoms with Crippen LogP contribution in [0.4, 0.5) is 18.9 Å². The number of H-pyrrole nitrogens is 1. The van der Waals surface area contributed by atoms with Crippen molar-refractivity contribution in [2.24, 2.45) is 0 Å². The molecule has 0 spiro atoms. The van der Waals surface area contributed by atoms with Gasteiger partial charge in [-0.25, -0.2) is 8.42 Å². The molecule has 0 aliphatic carbocycles. The number of carbonyl (C=O) groups is 1. The summed E-state index contributed by atoms with van der Waals surface area (Å²) in [5.74, 6) is -1.17. The summed E-state index contributed by atoms with van der Waals surface area (Å²) in [7, 11) is -4.36. The Morgan fingerprint density at radius 1 is 1.06 bits per heavy atom. The molecule has 0 fully saturated rings. The Morgan fingerprint density at radius 3 is 2.50 bits per heavy atom. The number of alkyl halides is 3. The zero-order chi connectivity index (χ0) is 24.3. The van der Waals surface area contributed by atoms with Gasteiger partial charge in [0.05, 0.1) is 0 Å². The molecule has 1 amide bonds. The average Bonchev–Trinajstić information content (AvgIpc) is 3.22. The largest absolute Gasteiger partial charge is 0.573 e. The predicted octanol–water partition coefficient (Wildman–Crippen LogP) is 4.19. The molecule has 3 N–H and O–H groups in total. The van der Waals surface area contributed by atoms with Crippen LogP contribution in [0.1, 0.15) is 16.1 Å². The van der Waals surface area contributed by atoms with Crippen LogP contribution in [0.5, 0.6) is 5.75 Å². The van der Waals surface area contributed by atoms with Crippen LogP contribution in [0.15, 0.2) is 78.0 Å². The fourth-order valence-electron chi connectivity index (χ4n) is 3.15. The molecule has 2 aromatic carbocycles. The molecule has 8 nitrogen and oxygen atoms in total. The number of benzene rings is 2. The molecular formula is C22H17F3N4O4S. The van der Waals surface area contributed by atoms with E-state index in [1.165, 1.54) is 24.3 Å². The Morgan fingerprint density at radius 2 is 1.79 bits per heavy atom. The van der Waals surface area contributed by atoms with Crippen LogP contribution in [-0.4, -0.2) is 30.7 Å². The second-order valence-electron chi connectivity index (χ2n) is 7.13. The van der Waals surface area contributed by atoms with Gasteiger partial charge >= 0.3 is 6.36 Å². The minimum absolute atomic E-state index is 0.125. The van der Waals surface area contributed by atoms with E-state index < -0.39 is 27.0 Å². The van der Waals surface area contributed by atoms with E-state index in [9.17, 15) is 26.4 Å². The van der Waals surface area contributed by atoms with Gasteiger partial charge in [0, 0.05) is 35.5 Å². The van der Waals surface area contributed by atoms with E-state index in [1.807, 2.05) is 0 Å². The Labute approximate surface area is 191 Å². The van der Waals surface area contributed by atoms with Gasteiger partial charge in [0.2, 0.25) is 0 Å². The summed E-state index contributed by atoms with van der Waals surface area (Å²) in [5, 5.41) is 3.54. The topological polar surface area (TPSA) is 113 Å². The van der Waals surface area contributed by atoms with Crippen LogP contribution in [0, 0.1) is 0 Å². The normalized spacial score (nSPS) is 11.9. The number of amides is 1. The number of sulfonamides is 1. The number of nitrogens with zero attached hydrogens (tertiary/aromatic N) is 1.